The standard InChI is InChI=1S/C65H106N2.2C4H9.Ni/c1-7-10-13-16-18-20-22-24-26-28-30-32-34-36-38-40-42-44-47-59-52-50-56(4)54-62(59)64-58(6)61(49-46-15-12-9-3)65(67(64)66)63-55-57(5)51-53-60(63)48-45-43-41-39-37-35-33-31-29-27-25-23-21-19-17-14-11-8-2;2*1-3-4-2;/h40-43,50-55H,7-39,44-49H2,1-6H3;2*1,3-4H2,2H3;. The minimum atomic E-state index is 0.984. The van der Waals surface area contributed by atoms with Crippen LogP contribution in [0.4, 0.5) is 0 Å². The summed E-state index contributed by atoms with van der Waals surface area (Å²) in [6.45, 7) is 18.1. The Balaban J connectivity index is 0.00000200. The number of unbranched alkanes of at least 4 members (excludes halogenated alkanes) is 33. The van der Waals surface area contributed by atoms with Crippen LogP contribution in [0.5, 0.6) is 0 Å². The number of hydrogen-bond acceptors (Lipinski definition) is 0. The molecule has 0 unspecified atom stereocenters. The first-order chi connectivity index (χ1) is 37.3. The fourth-order valence-electron chi connectivity index (χ4n) is 10.9. The zero-order chi connectivity index (χ0) is 54.9. The molecule has 0 bridgehead atoms. The van der Waals surface area contributed by atoms with Crippen LogP contribution in [0.15, 0.2) is 71.8 Å². The molecule has 76 heavy (non-hydrogen) atoms. The van der Waals surface area contributed by atoms with Gasteiger partial charge in [0.1, 0.15) is 0 Å². The third-order valence-electron chi connectivity index (χ3n) is 15.9. The molecule has 0 amide bonds. The summed E-state index contributed by atoms with van der Waals surface area (Å²) in [4.78, 5) is 0. The van der Waals surface area contributed by atoms with Gasteiger partial charge in [0, 0.05) is 22.3 Å². The Bertz CT molecular complexity index is 1840. The second kappa shape index (κ2) is 49.5. The van der Waals surface area contributed by atoms with E-state index in [1.54, 1.807) is 4.70 Å². The van der Waals surface area contributed by atoms with Crippen LogP contribution in [-0.4, -0.2) is 4.70 Å². The monoisotopic (exact) mass is 1090 g/mol. The van der Waals surface area contributed by atoms with Crippen molar-refractivity contribution in [3.05, 3.63) is 111 Å². The molecule has 2 aromatic carbocycles. The van der Waals surface area contributed by atoms with E-state index in [-0.39, 0.29) is 0 Å². The number of allylic oxidation sites excluding steroid dienone is 6. The molecule has 0 spiro atoms. The van der Waals surface area contributed by atoms with Gasteiger partial charge in [-0.15, -0.1) is 0 Å². The van der Waals surface area contributed by atoms with E-state index in [0.29, 0.717) is 0 Å². The molecule has 2 aromatic rings. The number of rotatable bonds is 49. The quantitative estimate of drug-likeness (QED) is 0.0273. The second-order valence-corrected chi connectivity index (χ2v) is 24.7. The molecule has 2 nitrogen and oxygen atoms in total. The maximum absolute atomic E-state index is 12.5. The Morgan fingerprint density at radius 1 is 0.355 bits per heavy atom. The zero-order valence-corrected chi connectivity index (χ0v) is 52.8. The Morgan fingerprint density at radius 3 is 1.04 bits per heavy atom. The van der Waals surface area contributed by atoms with Gasteiger partial charge in [0.15, 0.2) is 0 Å². The summed E-state index contributed by atoms with van der Waals surface area (Å²) in [7, 11) is 0. The van der Waals surface area contributed by atoms with E-state index >= 15 is 0 Å². The normalized spacial score (nSPS) is 12.9. The van der Waals surface area contributed by atoms with E-state index < -0.39 is 0 Å². The predicted molar refractivity (Wildman–Crippen MR) is 338 cm³/mol. The minimum absolute atomic E-state index is 0.984. The summed E-state index contributed by atoms with van der Waals surface area (Å²) in [5, 5.41) is 2.78. The van der Waals surface area contributed by atoms with E-state index in [0.717, 1.165) is 49.9 Å². The molecule has 0 aliphatic carbocycles. The summed E-state index contributed by atoms with van der Waals surface area (Å²) >= 11 is 1.94. The van der Waals surface area contributed by atoms with Crippen LogP contribution in [-0.2, 0) is 27.3 Å². The third-order valence-corrected chi connectivity index (χ3v) is 17.3. The van der Waals surface area contributed by atoms with E-state index in [1.165, 1.54) is 293 Å². The summed E-state index contributed by atoms with van der Waals surface area (Å²) in [5.41, 5.74) is 24.6. The molecule has 1 aliphatic heterocycles. The van der Waals surface area contributed by atoms with Crippen molar-refractivity contribution < 1.29 is 19.1 Å². The van der Waals surface area contributed by atoms with Gasteiger partial charge >= 0.3 is 64.8 Å². The summed E-state index contributed by atoms with van der Waals surface area (Å²) in [5.74, 6) is 0. The Kier molecular flexibility index (Phi) is 45.4. The van der Waals surface area contributed by atoms with Crippen molar-refractivity contribution in [3.8, 4) is 0 Å². The molecule has 0 saturated heterocycles. The van der Waals surface area contributed by atoms with Crippen LogP contribution in [0, 0.1) is 13.8 Å². The van der Waals surface area contributed by atoms with E-state index in [4.69, 9.17) is 0 Å². The van der Waals surface area contributed by atoms with Crippen molar-refractivity contribution in [1.29, 1.82) is 0 Å². The molecule has 0 fully saturated rings. The van der Waals surface area contributed by atoms with Gasteiger partial charge in [0.2, 0.25) is 11.4 Å². The molecule has 3 heteroatoms. The zero-order valence-electron chi connectivity index (χ0n) is 51.8. The molecule has 3 rings (SSSR count). The fraction of sp³-hybridized carbons (Fsp3) is 0.726. The first kappa shape index (κ1) is 69.6. The second-order valence-electron chi connectivity index (χ2n) is 23.2. The number of benzene rings is 2. The molecule has 0 aromatic heterocycles. The third kappa shape index (κ3) is 33.2. The maximum atomic E-state index is 12.5. The molecule has 0 radical (unpaired) electrons. The Morgan fingerprint density at radius 2 is 0.671 bits per heavy atom. The SMILES string of the molecule is CCCCCCCCCCCCCCCCC=CCCc1ccc(C)cc1C1=C(C)C(CCCCCC)=C(c2cc(C)ccc2CCC=CCCCCCCCCCCCCCCCC)[N+]1=[N-].CCC[CH2][Ni][CH2]CCC. The fourth-order valence-corrected chi connectivity index (χ4v) is 12.4. The van der Waals surface area contributed by atoms with Crippen molar-refractivity contribution in [1.82, 2.24) is 0 Å². The molecule has 1 aliphatic rings. The first-order valence-electron chi connectivity index (χ1n) is 33.2. The van der Waals surface area contributed by atoms with Crippen molar-refractivity contribution in [2.24, 2.45) is 0 Å². The summed E-state index contributed by atoms with van der Waals surface area (Å²) in [6.07, 6.45) is 67.0. The predicted octanol–water partition coefficient (Wildman–Crippen LogP) is 25.7. The molecule has 0 atom stereocenters. The molecule has 0 N–H and O–H groups in total. The Labute approximate surface area is 480 Å². The average molecular weight is 1090 g/mol. The molecule has 1 heterocycles. The van der Waals surface area contributed by atoms with E-state index in [9.17, 15) is 5.53 Å². The van der Waals surface area contributed by atoms with Crippen molar-refractivity contribution in [2.75, 3.05) is 0 Å². The van der Waals surface area contributed by atoms with Crippen molar-refractivity contribution >= 4 is 11.4 Å². The Hall–Kier alpha value is -2.51. The van der Waals surface area contributed by atoms with Crippen molar-refractivity contribution in [2.45, 2.75) is 342 Å². The van der Waals surface area contributed by atoms with Gasteiger partial charge in [0.05, 0.1) is 0 Å². The van der Waals surface area contributed by atoms with Gasteiger partial charge in [-0.1, -0.05) is 267 Å². The number of hydrogen-bond donors (Lipinski definition) is 0. The topological polar surface area (TPSA) is 25.3 Å². The van der Waals surface area contributed by atoms with Crippen LogP contribution in [0.1, 0.15) is 338 Å². The molecule has 0 saturated carbocycles. The number of nitrogens with zero attached hydrogens (tertiary/aromatic N) is 2. The van der Waals surface area contributed by atoms with Crippen LogP contribution < -0.4 is 0 Å². The number of aryl methyl sites for hydroxylation is 4. The van der Waals surface area contributed by atoms with Gasteiger partial charge in [-0.25, -0.2) is 4.70 Å². The average Bonchev–Trinajstić information content (AvgIpc) is 3.71. The van der Waals surface area contributed by atoms with E-state index in [1.807, 2.05) is 14.4 Å². The first-order valence-corrected chi connectivity index (χ1v) is 34.6. The summed E-state index contributed by atoms with van der Waals surface area (Å²) in [6, 6.07) is 13.8. The van der Waals surface area contributed by atoms with Crippen LogP contribution in [0.3, 0.4) is 0 Å². The van der Waals surface area contributed by atoms with Gasteiger partial charge < -0.3 is 5.53 Å². The summed E-state index contributed by atoms with van der Waals surface area (Å²) < 4.78 is 1.61. The van der Waals surface area contributed by atoms with Crippen molar-refractivity contribution in [3.63, 3.8) is 0 Å². The molecule has 436 valence electrons. The van der Waals surface area contributed by atoms with Gasteiger partial charge in [-0.3, -0.25) is 0 Å². The van der Waals surface area contributed by atoms with Gasteiger partial charge in [-0.2, -0.15) is 0 Å². The molecular weight excluding hydrogens is 964 g/mol. The van der Waals surface area contributed by atoms with Gasteiger partial charge in [-0.05, 0) is 108 Å². The molecular formula is C73H124N2Ni. The van der Waals surface area contributed by atoms with Gasteiger partial charge in [0.25, 0.3) is 0 Å². The van der Waals surface area contributed by atoms with Crippen LogP contribution >= 0.6 is 0 Å². The van der Waals surface area contributed by atoms with Crippen LogP contribution in [0.2, 0.25) is 10.8 Å². The van der Waals surface area contributed by atoms with E-state index in [2.05, 4.69) is 116 Å². The van der Waals surface area contributed by atoms with Crippen LogP contribution in [0.25, 0.3) is 16.9 Å².